The van der Waals surface area contributed by atoms with E-state index in [4.69, 9.17) is 0 Å². The van der Waals surface area contributed by atoms with E-state index < -0.39 is 0 Å². The summed E-state index contributed by atoms with van der Waals surface area (Å²) < 4.78 is 0. The molecule has 0 fully saturated rings. The quantitative estimate of drug-likeness (QED) is 0.747. The predicted octanol–water partition coefficient (Wildman–Crippen LogP) is 3.91. The molecule has 0 saturated heterocycles. The van der Waals surface area contributed by atoms with Gasteiger partial charge in [0.1, 0.15) is 0 Å². The Balaban J connectivity index is 4.95. The summed E-state index contributed by atoms with van der Waals surface area (Å²) in [5, 5.41) is 3.12. The van der Waals surface area contributed by atoms with E-state index in [9.17, 15) is 4.79 Å². The van der Waals surface area contributed by atoms with Gasteiger partial charge in [0.25, 0.3) is 0 Å². The summed E-state index contributed by atoms with van der Waals surface area (Å²) in [4.78, 5) is 12.5. The summed E-state index contributed by atoms with van der Waals surface area (Å²) >= 11 is 4.29. The zero-order valence-corrected chi connectivity index (χ0v) is 14.2. The van der Waals surface area contributed by atoms with E-state index in [-0.39, 0.29) is 28.2 Å². The van der Waals surface area contributed by atoms with Crippen molar-refractivity contribution < 1.29 is 4.79 Å². The highest BCUT2D eigenvalue weighted by Gasteiger charge is 2.36. The fourth-order valence-corrected chi connectivity index (χ4v) is 1.94. The Labute approximate surface area is 119 Å². The molecule has 1 amide bonds. The molecule has 2 nitrogen and oxygen atoms in total. The largest absolute Gasteiger partial charge is 0.350 e. The van der Waals surface area contributed by atoms with Crippen LogP contribution in [0.3, 0.4) is 0 Å². The van der Waals surface area contributed by atoms with Gasteiger partial charge in [0.2, 0.25) is 5.91 Å². The van der Waals surface area contributed by atoms with Crippen LogP contribution >= 0.6 is 12.6 Å². The first-order valence-electron chi connectivity index (χ1n) is 6.71. The van der Waals surface area contributed by atoms with Gasteiger partial charge in [-0.15, -0.1) is 0 Å². The predicted molar refractivity (Wildman–Crippen MR) is 83.1 cm³/mol. The van der Waals surface area contributed by atoms with Gasteiger partial charge in [-0.05, 0) is 31.1 Å². The topological polar surface area (TPSA) is 29.1 Å². The van der Waals surface area contributed by atoms with Gasteiger partial charge in [0, 0.05) is 17.2 Å². The van der Waals surface area contributed by atoms with E-state index in [1.54, 1.807) is 0 Å². The van der Waals surface area contributed by atoms with Crippen LogP contribution in [0.25, 0.3) is 0 Å². The summed E-state index contributed by atoms with van der Waals surface area (Å²) in [5.74, 6) is 0.818. The van der Waals surface area contributed by atoms with E-state index in [1.165, 1.54) is 0 Å². The number of nitrogens with one attached hydrogen (secondary N) is 1. The minimum Gasteiger partial charge on any atom is -0.350 e. The summed E-state index contributed by atoms with van der Waals surface area (Å²) in [7, 11) is 0. The lowest BCUT2D eigenvalue weighted by Crippen LogP contribution is -2.50. The van der Waals surface area contributed by atoms with E-state index in [0.29, 0.717) is 5.75 Å². The standard InChI is InChI=1S/C15H31NOS/c1-13(2,3)9-11(14(4,5)6)12(17)16-15(7,8)10-18/h11,18H,9-10H2,1-8H3,(H,16,17). The van der Waals surface area contributed by atoms with Crippen molar-refractivity contribution >= 4 is 18.5 Å². The molecule has 0 saturated carbocycles. The molecular weight excluding hydrogens is 242 g/mol. The molecule has 1 unspecified atom stereocenters. The summed E-state index contributed by atoms with van der Waals surface area (Å²) in [6.45, 7) is 17.0. The van der Waals surface area contributed by atoms with Crippen molar-refractivity contribution in [2.75, 3.05) is 5.75 Å². The molecule has 0 radical (unpaired) electrons. The van der Waals surface area contributed by atoms with Crippen LogP contribution < -0.4 is 5.32 Å². The van der Waals surface area contributed by atoms with Crippen LogP contribution in [0, 0.1) is 16.7 Å². The average molecular weight is 273 g/mol. The van der Waals surface area contributed by atoms with E-state index in [0.717, 1.165) is 6.42 Å². The molecule has 1 atom stereocenters. The molecule has 0 aliphatic carbocycles. The Kier molecular flexibility index (Phi) is 5.79. The Bertz CT molecular complexity index is 284. The lowest BCUT2D eigenvalue weighted by atomic mass is 9.71. The number of thiol groups is 1. The molecule has 0 rings (SSSR count). The molecule has 108 valence electrons. The smallest absolute Gasteiger partial charge is 0.224 e. The molecule has 3 heteroatoms. The second kappa shape index (κ2) is 5.85. The molecular formula is C15H31NOS. The maximum absolute atomic E-state index is 12.5. The molecule has 0 aromatic heterocycles. The van der Waals surface area contributed by atoms with E-state index in [2.05, 4.69) is 59.5 Å². The number of hydrogen-bond donors (Lipinski definition) is 2. The molecule has 0 aromatic carbocycles. The third kappa shape index (κ3) is 6.67. The Morgan fingerprint density at radius 2 is 1.50 bits per heavy atom. The first-order valence-corrected chi connectivity index (χ1v) is 7.35. The van der Waals surface area contributed by atoms with Crippen LogP contribution in [-0.2, 0) is 4.79 Å². The van der Waals surface area contributed by atoms with Crippen LogP contribution in [-0.4, -0.2) is 17.2 Å². The maximum atomic E-state index is 12.5. The van der Waals surface area contributed by atoms with Crippen molar-refractivity contribution in [1.29, 1.82) is 0 Å². The van der Waals surface area contributed by atoms with Gasteiger partial charge in [-0.2, -0.15) is 12.6 Å². The lowest BCUT2D eigenvalue weighted by Gasteiger charge is -2.37. The van der Waals surface area contributed by atoms with Crippen LogP contribution in [0.4, 0.5) is 0 Å². The maximum Gasteiger partial charge on any atom is 0.224 e. The van der Waals surface area contributed by atoms with Crippen LogP contribution in [0.15, 0.2) is 0 Å². The van der Waals surface area contributed by atoms with E-state index >= 15 is 0 Å². The van der Waals surface area contributed by atoms with Crippen LogP contribution in [0.2, 0.25) is 0 Å². The van der Waals surface area contributed by atoms with Crippen LogP contribution in [0.5, 0.6) is 0 Å². The highest BCUT2D eigenvalue weighted by atomic mass is 32.1. The minimum absolute atomic E-state index is 0.0238. The van der Waals surface area contributed by atoms with Crippen molar-refractivity contribution in [3.05, 3.63) is 0 Å². The van der Waals surface area contributed by atoms with Crippen molar-refractivity contribution in [1.82, 2.24) is 5.32 Å². The number of amides is 1. The normalized spacial score (nSPS) is 15.4. The van der Waals surface area contributed by atoms with Gasteiger partial charge < -0.3 is 5.32 Å². The van der Waals surface area contributed by atoms with Crippen molar-refractivity contribution in [3.63, 3.8) is 0 Å². The second-order valence-electron chi connectivity index (χ2n) is 8.21. The number of carbonyl (C=O) groups is 1. The second-order valence-corrected chi connectivity index (χ2v) is 8.53. The zero-order valence-electron chi connectivity index (χ0n) is 13.3. The van der Waals surface area contributed by atoms with E-state index in [1.807, 2.05) is 13.8 Å². The Hall–Kier alpha value is -0.180. The monoisotopic (exact) mass is 273 g/mol. The summed E-state index contributed by atoms with van der Waals surface area (Å²) in [5.41, 5.74) is -0.119. The molecule has 0 aliphatic rings. The molecule has 0 bridgehead atoms. The van der Waals surface area contributed by atoms with Gasteiger partial charge >= 0.3 is 0 Å². The fraction of sp³-hybridized carbons (Fsp3) is 0.933. The highest BCUT2D eigenvalue weighted by Crippen LogP contribution is 2.36. The Morgan fingerprint density at radius 3 is 1.78 bits per heavy atom. The third-order valence-corrected chi connectivity index (χ3v) is 3.83. The van der Waals surface area contributed by atoms with Crippen LogP contribution in [0.1, 0.15) is 61.8 Å². The highest BCUT2D eigenvalue weighted by molar-refractivity contribution is 7.80. The van der Waals surface area contributed by atoms with Gasteiger partial charge in [0.05, 0.1) is 0 Å². The summed E-state index contributed by atoms with van der Waals surface area (Å²) in [6.07, 6.45) is 0.894. The molecule has 0 aromatic rings. The molecule has 0 spiro atoms. The molecule has 18 heavy (non-hydrogen) atoms. The van der Waals surface area contributed by atoms with Crippen molar-refractivity contribution in [2.24, 2.45) is 16.7 Å². The third-order valence-electron chi connectivity index (χ3n) is 3.04. The molecule has 0 heterocycles. The zero-order chi connectivity index (χ0) is 14.8. The van der Waals surface area contributed by atoms with Crippen molar-refractivity contribution in [2.45, 2.75) is 67.3 Å². The van der Waals surface area contributed by atoms with Gasteiger partial charge in [0.15, 0.2) is 0 Å². The number of hydrogen-bond acceptors (Lipinski definition) is 2. The SMILES string of the molecule is CC(C)(C)CC(C(=O)NC(C)(C)CS)C(C)(C)C. The first-order chi connectivity index (χ1) is 7.78. The van der Waals surface area contributed by atoms with Crippen molar-refractivity contribution in [3.8, 4) is 0 Å². The number of carbonyl (C=O) groups excluding carboxylic acids is 1. The first kappa shape index (κ1) is 17.8. The minimum atomic E-state index is -0.248. The fourth-order valence-electron chi connectivity index (χ4n) is 1.86. The van der Waals surface area contributed by atoms with Gasteiger partial charge in [-0.3, -0.25) is 4.79 Å². The summed E-state index contributed by atoms with van der Waals surface area (Å²) in [6, 6.07) is 0. The Morgan fingerprint density at radius 1 is 1.06 bits per heavy atom. The van der Waals surface area contributed by atoms with Gasteiger partial charge in [-0.25, -0.2) is 0 Å². The number of rotatable bonds is 4. The van der Waals surface area contributed by atoms with Gasteiger partial charge in [-0.1, -0.05) is 41.5 Å². The average Bonchev–Trinajstić information content (AvgIpc) is 2.10. The lowest BCUT2D eigenvalue weighted by molar-refractivity contribution is -0.131. The molecule has 1 N–H and O–H groups in total. The molecule has 0 aliphatic heterocycles.